The van der Waals surface area contributed by atoms with Crippen LogP contribution in [0.5, 0.6) is 0 Å². The highest BCUT2D eigenvalue weighted by Gasteiger charge is 2.21. The highest BCUT2D eigenvalue weighted by molar-refractivity contribution is 5.73. The summed E-state index contributed by atoms with van der Waals surface area (Å²) in [7, 11) is 0. The van der Waals surface area contributed by atoms with Crippen molar-refractivity contribution >= 4 is 5.97 Å². The minimum atomic E-state index is -0.889. The molecule has 0 aromatic heterocycles. The van der Waals surface area contributed by atoms with Gasteiger partial charge in [-0.1, -0.05) is 40.0 Å². The summed E-state index contributed by atoms with van der Waals surface area (Å²) in [6, 6.07) is -0.709. The van der Waals surface area contributed by atoms with E-state index >= 15 is 0 Å². The van der Waals surface area contributed by atoms with Crippen LogP contribution in [0.15, 0.2) is 0 Å². The van der Waals surface area contributed by atoms with Crippen molar-refractivity contribution < 1.29 is 9.90 Å². The van der Waals surface area contributed by atoms with Gasteiger partial charge >= 0.3 is 5.97 Å². The predicted octanol–water partition coefficient (Wildman–Crippen LogP) is 2.25. The van der Waals surface area contributed by atoms with E-state index in [4.69, 9.17) is 10.8 Å². The number of carbonyl (C=O) groups is 1. The lowest BCUT2D eigenvalue weighted by atomic mass is 9.89. The van der Waals surface area contributed by atoms with Gasteiger partial charge in [-0.25, -0.2) is 0 Å². The molecule has 3 heteroatoms. The molecule has 0 amide bonds. The summed E-state index contributed by atoms with van der Waals surface area (Å²) in [4.78, 5) is 10.6. The lowest BCUT2D eigenvalue weighted by molar-refractivity contribution is -0.139. The minimum absolute atomic E-state index is 0.0688. The first kappa shape index (κ1) is 13.4. The first-order valence-electron chi connectivity index (χ1n) is 5.47. The molecule has 2 unspecified atom stereocenters. The van der Waals surface area contributed by atoms with E-state index in [1.54, 1.807) is 0 Å². The Morgan fingerprint density at radius 2 is 2.00 bits per heavy atom. The van der Waals surface area contributed by atoms with Crippen LogP contribution in [0.4, 0.5) is 0 Å². The molecule has 0 aromatic carbocycles. The Morgan fingerprint density at radius 3 is 2.43 bits per heavy atom. The molecular weight excluding hydrogens is 178 g/mol. The number of unbranched alkanes of at least 4 members (excludes halogenated alkanes) is 1. The van der Waals surface area contributed by atoms with Crippen molar-refractivity contribution in [3.8, 4) is 0 Å². The monoisotopic (exact) mass is 201 g/mol. The lowest BCUT2D eigenvalue weighted by Gasteiger charge is -2.19. The van der Waals surface area contributed by atoms with E-state index in [1.165, 1.54) is 19.3 Å². The molecular formula is C11H23NO2. The van der Waals surface area contributed by atoms with E-state index in [0.29, 0.717) is 5.92 Å². The Balaban J connectivity index is 3.80. The van der Waals surface area contributed by atoms with Gasteiger partial charge in [0.15, 0.2) is 0 Å². The molecule has 0 aliphatic heterocycles. The number of hydrogen-bond donors (Lipinski definition) is 2. The first-order valence-corrected chi connectivity index (χ1v) is 5.47. The van der Waals surface area contributed by atoms with Gasteiger partial charge in [-0.15, -0.1) is 0 Å². The van der Waals surface area contributed by atoms with E-state index in [1.807, 2.05) is 6.92 Å². The van der Waals surface area contributed by atoms with Crippen molar-refractivity contribution in [1.82, 2.24) is 0 Å². The Morgan fingerprint density at radius 1 is 1.43 bits per heavy atom. The molecule has 0 rings (SSSR count). The molecule has 0 saturated carbocycles. The fourth-order valence-electron chi connectivity index (χ4n) is 1.70. The smallest absolute Gasteiger partial charge is 0.320 e. The standard InChI is InChI=1S/C11H23NO2/c1-4-5-6-8(2)7-9(3)10(12)11(13)14/h8-10H,4-7,12H2,1-3H3,(H,13,14)/t8?,9?,10-/m0/s1. The van der Waals surface area contributed by atoms with Gasteiger partial charge < -0.3 is 10.8 Å². The van der Waals surface area contributed by atoms with Gasteiger partial charge in [0.2, 0.25) is 0 Å². The number of carboxylic acid groups (broad SMARTS) is 1. The van der Waals surface area contributed by atoms with Gasteiger partial charge in [0.25, 0.3) is 0 Å². The van der Waals surface area contributed by atoms with E-state index in [2.05, 4.69) is 13.8 Å². The van der Waals surface area contributed by atoms with Crippen LogP contribution >= 0.6 is 0 Å². The number of carboxylic acids is 1. The summed E-state index contributed by atoms with van der Waals surface area (Å²) in [5.74, 6) is -0.241. The highest BCUT2D eigenvalue weighted by atomic mass is 16.4. The molecule has 3 atom stereocenters. The third-order valence-corrected chi connectivity index (χ3v) is 2.72. The SMILES string of the molecule is CCCCC(C)CC(C)[C@H](N)C(=O)O. The minimum Gasteiger partial charge on any atom is -0.480 e. The second kappa shape index (κ2) is 6.82. The number of rotatable bonds is 7. The fraction of sp³-hybridized carbons (Fsp3) is 0.909. The maximum atomic E-state index is 10.6. The van der Waals surface area contributed by atoms with Crippen molar-refractivity contribution in [1.29, 1.82) is 0 Å². The molecule has 0 heterocycles. The molecule has 3 nitrogen and oxygen atoms in total. The zero-order valence-corrected chi connectivity index (χ0v) is 9.49. The van der Waals surface area contributed by atoms with Crippen molar-refractivity contribution in [2.75, 3.05) is 0 Å². The van der Waals surface area contributed by atoms with Gasteiger partial charge in [0.05, 0.1) is 0 Å². The largest absolute Gasteiger partial charge is 0.480 e. The summed E-state index contributed by atoms with van der Waals surface area (Å²) < 4.78 is 0. The van der Waals surface area contributed by atoms with Gasteiger partial charge in [-0.2, -0.15) is 0 Å². The average molecular weight is 201 g/mol. The van der Waals surface area contributed by atoms with Crippen molar-refractivity contribution in [2.24, 2.45) is 17.6 Å². The molecule has 0 radical (unpaired) electrons. The molecule has 14 heavy (non-hydrogen) atoms. The maximum Gasteiger partial charge on any atom is 0.320 e. The van der Waals surface area contributed by atoms with E-state index in [-0.39, 0.29) is 5.92 Å². The predicted molar refractivity (Wildman–Crippen MR) is 58.1 cm³/mol. The van der Waals surface area contributed by atoms with Gasteiger partial charge in [-0.05, 0) is 18.3 Å². The Kier molecular flexibility index (Phi) is 6.54. The summed E-state index contributed by atoms with van der Waals surface area (Å²) in [5, 5.41) is 8.72. The van der Waals surface area contributed by atoms with Crippen molar-refractivity contribution in [3.05, 3.63) is 0 Å². The second-order valence-corrected chi connectivity index (χ2v) is 4.32. The Hall–Kier alpha value is -0.570. The van der Waals surface area contributed by atoms with Gasteiger partial charge in [0.1, 0.15) is 6.04 Å². The van der Waals surface area contributed by atoms with Crippen LogP contribution in [0.3, 0.4) is 0 Å². The molecule has 0 saturated heterocycles. The second-order valence-electron chi connectivity index (χ2n) is 4.32. The molecule has 0 spiro atoms. The number of nitrogens with two attached hydrogens (primary N) is 1. The summed E-state index contributed by atoms with van der Waals surface area (Å²) in [6.07, 6.45) is 4.50. The van der Waals surface area contributed by atoms with Crippen LogP contribution < -0.4 is 5.73 Å². The molecule has 0 bridgehead atoms. The van der Waals surface area contributed by atoms with E-state index < -0.39 is 12.0 Å². The molecule has 0 aliphatic rings. The van der Waals surface area contributed by atoms with Crippen LogP contribution in [-0.4, -0.2) is 17.1 Å². The summed E-state index contributed by atoms with van der Waals surface area (Å²) in [6.45, 7) is 6.25. The fourth-order valence-corrected chi connectivity index (χ4v) is 1.70. The van der Waals surface area contributed by atoms with Crippen molar-refractivity contribution in [3.63, 3.8) is 0 Å². The molecule has 84 valence electrons. The lowest BCUT2D eigenvalue weighted by Crippen LogP contribution is -2.37. The zero-order valence-electron chi connectivity index (χ0n) is 9.49. The van der Waals surface area contributed by atoms with Crippen LogP contribution in [0.1, 0.15) is 46.5 Å². The van der Waals surface area contributed by atoms with Gasteiger partial charge in [0, 0.05) is 0 Å². The summed E-state index contributed by atoms with van der Waals surface area (Å²) in [5.41, 5.74) is 5.54. The number of aliphatic carboxylic acids is 1. The van der Waals surface area contributed by atoms with Crippen LogP contribution in [-0.2, 0) is 4.79 Å². The number of hydrogen-bond acceptors (Lipinski definition) is 2. The van der Waals surface area contributed by atoms with Crippen LogP contribution in [0, 0.1) is 11.8 Å². The van der Waals surface area contributed by atoms with Gasteiger partial charge in [-0.3, -0.25) is 4.79 Å². The topological polar surface area (TPSA) is 63.3 Å². The van der Waals surface area contributed by atoms with Crippen molar-refractivity contribution in [2.45, 2.75) is 52.5 Å². The quantitative estimate of drug-likeness (QED) is 0.664. The average Bonchev–Trinajstić information content (AvgIpc) is 2.13. The Labute approximate surface area is 86.7 Å². The van der Waals surface area contributed by atoms with Crippen LogP contribution in [0.25, 0.3) is 0 Å². The zero-order chi connectivity index (χ0) is 11.1. The van der Waals surface area contributed by atoms with E-state index in [9.17, 15) is 4.79 Å². The maximum absolute atomic E-state index is 10.6. The normalized spacial score (nSPS) is 17.4. The highest BCUT2D eigenvalue weighted by Crippen LogP contribution is 2.19. The molecule has 0 aromatic rings. The molecule has 0 aliphatic carbocycles. The van der Waals surface area contributed by atoms with Crippen LogP contribution in [0.2, 0.25) is 0 Å². The Bertz CT molecular complexity index is 171. The third kappa shape index (κ3) is 5.22. The first-order chi connectivity index (χ1) is 6.49. The third-order valence-electron chi connectivity index (χ3n) is 2.72. The summed E-state index contributed by atoms with van der Waals surface area (Å²) >= 11 is 0. The molecule has 0 fully saturated rings. The van der Waals surface area contributed by atoms with E-state index in [0.717, 1.165) is 6.42 Å². The molecule has 3 N–H and O–H groups in total.